The number of nitrogens with one attached hydrogen (secondary N) is 1. The molecule has 6 heteroatoms. The summed E-state index contributed by atoms with van der Waals surface area (Å²) in [5, 5.41) is 21.3. The number of anilines is 1. The smallest absolute Gasteiger partial charge is 0.227 e. The summed E-state index contributed by atoms with van der Waals surface area (Å²) in [5.41, 5.74) is 0.657. The van der Waals surface area contributed by atoms with Crippen molar-refractivity contribution in [3.05, 3.63) is 36.4 Å². The van der Waals surface area contributed by atoms with E-state index in [2.05, 4.69) is 15.5 Å². The van der Waals surface area contributed by atoms with Gasteiger partial charge in [-0.1, -0.05) is 32.8 Å². The molecular formula is C18H26N4O2. The highest BCUT2D eigenvalue weighted by Crippen LogP contribution is 2.24. The lowest BCUT2D eigenvalue weighted by molar-refractivity contribution is -0.121. The van der Waals surface area contributed by atoms with Crippen LogP contribution < -0.4 is 5.32 Å². The zero-order chi connectivity index (χ0) is 17.6. The minimum Gasteiger partial charge on any atom is -0.389 e. The van der Waals surface area contributed by atoms with E-state index in [0.29, 0.717) is 18.5 Å². The minimum absolute atomic E-state index is 0.116. The van der Waals surface area contributed by atoms with E-state index >= 15 is 0 Å². The molecule has 1 aromatic heterocycles. The summed E-state index contributed by atoms with van der Waals surface area (Å²) in [6.07, 6.45) is 4.73. The van der Waals surface area contributed by atoms with Crippen LogP contribution in [-0.2, 0) is 4.79 Å². The van der Waals surface area contributed by atoms with Gasteiger partial charge in [0.2, 0.25) is 5.91 Å². The molecule has 2 N–H and O–H groups in total. The van der Waals surface area contributed by atoms with E-state index in [-0.39, 0.29) is 12.3 Å². The zero-order valence-electron chi connectivity index (χ0n) is 14.6. The highest BCUT2D eigenvalue weighted by Gasteiger charge is 2.28. The molecule has 0 saturated heterocycles. The molecule has 0 fully saturated rings. The maximum absolute atomic E-state index is 12.3. The molecule has 0 saturated carbocycles. The molecule has 0 bridgehead atoms. The van der Waals surface area contributed by atoms with Gasteiger partial charge < -0.3 is 10.4 Å². The number of aliphatic hydroxyl groups is 1. The first-order valence-corrected chi connectivity index (χ1v) is 8.46. The first-order valence-electron chi connectivity index (χ1n) is 8.46. The quantitative estimate of drug-likeness (QED) is 0.779. The van der Waals surface area contributed by atoms with Crippen LogP contribution in [0.4, 0.5) is 5.69 Å². The van der Waals surface area contributed by atoms with Gasteiger partial charge in [0.15, 0.2) is 0 Å². The third-order valence-electron chi connectivity index (χ3n) is 4.05. The van der Waals surface area contributed by atoms with E-state index in [1.54, 1.807) is 6.33 Å². The third-order valence-corrected chi connectivity index (χ3v) is 4.05. The van der Waals surface area contributed by atoms with Gasteiger partial charge in [-0.3, -0.25) is 9.36 Å². The lowest BCUT2D eigenvalue weighted by Gasteiger charge is -2.26. The molecule has 0 aliphatic carbocycles. The van der Waals surface area contributed by atoms with Crippen molar-refractivity contribution in [2.45, 2.75) is 58.5 Å². The van der Waals surface area contributed by atoms with Crippen LogP contribution in [-0.4, -0.2) is 31.4 Å². The second-order valence-corrected chi connectivity index (χ2v) is 6.25. The molecule has 0 radical (unpaired) electrons. The fourth-order valence-electron chi connectivity index (χ4n) is 3.02. The number of benzene rings is 1. The summed E-state index contributed by atoms with van der Waals surface area (Å²) < 4.78 is 1.85. The van der Waals surface area contributed by atoms with Crippen molar-refractivity contribution in [3.63, 3.8) is 0 Å². The van der Waals surface area contributed by atoms with Crippen LogP contribution in [0.25, 0.3) is 5.69 Å². The van der Waals surface area contributed by atoms with E-state index in [0.717, 1.165) is 24.4 Å². The van der Waals surface area contributed by atoms with Crippen molar-refractivity contribution in [1.29, 1.82) is 0 Å². The topological polar surface area (TPSA) is 80.0 Å². The van der Waals surface area contributed by atoms with Crippen molar-refractivity contribution < 1.29 is 9.90 Å². The van der Waals surface area contributed by atoms with Crippen LogP contribution in [0.5, 0.6) is 0 Å². The normalized spacial score (nSPS) is 11.5. The predicted octanol–water partition coefficient (Wildman–Crippen LogP) is 3.24. The Morgan fingerprint density at radius 2 is 2.00 bits per heavy atom. The van der Waals surface area contributed by atoms with E-state index < -0.39 is 5.60 Å². The monoisotopic (exact) mass is 330 g/mol. The molecule has 24 heavy (non-hydrogen) atoms. The van der Waals surface area contributed by atoms with Gasteiger partial charge in [0, 0.05) is 5.69 Å². The molecule has 1 heterocycles. The molecule has 2 rings (SSSR count). The Bertz CT molecular complexity index is 675. The van der Waals surface area contributed by atoms with Crippen LogP contribution in [0.1, 0.15) is 51.8 Å². The molecule has 2 aromatic rings. The largest absolute Gasteiger partial charge is 0.389 e. The fraction of sp³-hybridized carbons (Fsp3) is 0.500. The molecular weight excluding hydrogens is 304 g/mol. The van der Waals surface area contributed by atoms with Crippen molar-refractivity contribution in [2.75, 3.05) is 5.32 Å². The highest BCUT2D eigenvalue weighted by molar-refractivity contribution is 5.91. The zero-order valence-corrected chi connectivity index (χ0v) is 14.6. The number of aromatic nitrogens is 3. The number of hydrogen-bond acceptors (Lipinski definition) is 4. The van der Waals surface area contributed by atoms with Gasteiger partial charge in [0.1, 0.15) is 12.2 Å². The van der Waals surface area contributed by atoms with E-state index in [4.69, 9.17) is 0 Å². The lowest BCUT2D eigenvalue weighted by atomic mass is 9.89. The molecule has 1 amide bonds. The highest BCUT2D eigenvalue weighted by atomic mass is 16.3. The Morgan fingerprint density at radius 1 is 1.29 bits per heavy atom. The van der Waals surface area contributed by atoms with Crippen molar-refractivity contribution in [1.82, 2.24) is 14.8 Å². The van der Waals surface area contributed by atoms with Gasteiger partial charge in [0.05, 0.1) is 17.7 Å². The Labute approximate surface area is 142 Å². The van der Waals surface area contributed by atoms with Crippen LogP contribution in [0, 0.1) is 6.92 Å². The van der Waals surface area contributed by atoms with E-state index in [1.165, 1.54) is 0 Å². The number of hydrogen-bond donors (Lipinski definition) is 2. The third kappa shape index (κ3) is 4.64. The van der Waals surface area contributed by atoms with Gasteiger partial charge in [-0.2, -0.15) is 0 Å². The first kappa shape index (κ1) is 18.1. The molecule has 0 aliphatic rings. The second kappa shape index (κ2) is 8.06. The standard InChI is InChI=1S/C18H26N4O2/c1-4-9-18(24,10-5-2)12-17(23)20-15-7-6-8-16(11-15)22-13-19-21-14(22)3/h6-8,11,13,24H,4-5,9-10,12H2,1-3H3,(H,20,23). The number of carbonyl (C=O) groups excluding carboxylic acids is 1. The predicted molar refractivity (Wildman–Crippen MR) is 94.1 cm³/mol. The Kier molecular flexibility index (Phi) is 6.09. The average Bonchev–Trinajstić information content (AvgIpc) is 2.93. The Balaban J connectivity index is 2.08. The number of aryl methyl sites for hydroxylation is 1. The summed E-state index contributed by atoms with van der Waals surface area (Å²) in [6.45, 7) is 5.90. The summed E-state index contributed by atoms with van der Waals surface area (Å²) in [5.74, 6) is 0.607. The maximum atomic E-state index is 12.3. The van der Waals surface area contributed by atoms with Crippen molar-refractivity contribution in [3.8, 4) is 5.69 Å². The molecule has 130 valence electrons. The maximum Gasteiger partial charge on any atom is 0.227 e. The van der Waals surface area contributed by atoms with E-state index in [9.17, 15) is 9.90 Å². The van der Waals surface area contributed by atoms with Crippen molar-refractivity contribution >= 4 is 11.6 Å². The Hall–Kier alpha value is -2.21. The molecule has 0 spiro atoms. The number of nitrogens with zero attached hydrogens (tertiary/aromatic N) is 3. The first-order chi connectivity index (χ1) is 11.5. The average molecular weight is 330 g/mol. The van der Waals surface area contributed by atoms with Crippen LogP contribution >= 0.6 is 0 Å². The molecule has 6 nitrogen and oxygen atoms in total. The van der Waals surface area contributed by atoms with Gasteiger partial charge in [-0.25, -0.2) is 0 Å². The van der Waals surface area contributed by atoms with Crippen LogP contribution in [0.3, 0.4) is 0 Å². The SMILES string of the molecule is CCCC(O)(CCC)CC(=O)Nc1cccc(-n2cnnc2C)c1. The molecule has 1 aromatic carbocycles. The van der Waals surface area contributed by atoms with Gasteiger partial charge in [-0.15, -0.1) is 10.2 Å². The number of amides is 1. The number of rotatable bonds is 8. The summed E-state index contributed by atoms with van der Waals surface area (Å²) >= 11 is 0. The summed E-state index contributed by atoms with van der Waals surface area (Å²) in [6, 6.07) is 7.50. The van der Waals surface area contributed by atoms with Crippen LogP contribution in [0.2, 0.25) is 0 Å². The second-order valence-electron chi connectivity index (χ2n) is 6.25. The Morgan fingerprint density at radius 3 is 2.58 bits per heavy atom. The van der Waals surface area contributed by atoms with E-state index in [1.807, 2.05) is 49.6 Å². The molecule has 0 unspecified atom stereocenters. The van der Waals surface area contributed by atoms with Gasteiger partial charge in [0.25, 0.3) is 0 Å². The summed E-state index contributed by atoms with van der Waals surface area (Å²) in [7, 11) is 0. The summed E-state index contributed by atoms with van der Waals surface area (Å²) in [4.78, 5) is 12.3. The minimum atomic E-state index is -0.921. The lowest BCUT2D eigenvalue weighted by Crippen LogP contribution is -2.33. The van der Waals surface area contributed by atoms with Crippen LogP contribution in [0.15, 0.2) is 30.6 Å². The molecule has 0 aliphatic heterocycles. The van der Waals surface area contributed by atoms with Gasteiger partial charge in [-0.05, 0) is 38.0 Å². The fourth-order valence-corrected chi connectivity index (χ4v) is 3.02. The molecule has 0 atom stereocenters. The van der Waals surface area contributed by atoms with Gasteiger partial charge >= 0.3 is 0 Å². The van der Waals surface area contributed by atoms with Crippen molar-refractivity contribution in [2.24, 2.45) is 0 Å². The number of carbonyl (C=O) groups is 1.